The van der Waals surface area contributed by atoms with Crippen LogP contribution in [0.3, 0.4) is 0 Å². The molecule has 0 aromatic heterocycles. The molecular weight excluding hydrogens is 806 g/mol. The van der Waals surface area contributed by atoms with E-state index in [1.165, 1.54) is 116 Å². The lowest BCUT2D eigenvalue weighted by Crippen LogP contribution is -2.37. The molecule has 0 aromatic rings. The Morgan fingerprint density at radius 3 is 1.38 bits per heavy atom. The first-order valence-electron chi connectivity index (χ1n) is 25.7. The second-order valence-corrected chi connectivity index (χ2v) is 19.6. The zero-order valence-electron chi connectivity index (χ0n) is 41.5. The smallest absolute Gasteiger partial charge is 0.457 e. The van der Waals surface area contributed by atoms with E-state index >= 15 is 0 Å². The third-order valence-electron chi connectivity index (χ3n) is 10.8. The Morgan fingerprint density at radius 2 is 0.921 bits per heavy atom. The van der Waals surface area contributed by atoms with Crippen molar-refractivity contribution in [3.05, 3.63) is 72.9 Å². The molecule has 0 aliphatic carbocycles. The van der Waals surface area contributed by atoms with Crippen LogP contribution in [0.4, 0.5) is 0 Å². The van der Waals surface area contributed by atoms with E-state index < -0.39 is 13.9 Å². The molecule has 9 heteroatoms. The van der Waals surface area contributed by atoms with Crippen LogP contribution in [0.2, 0.25) is 0 Å². The first-order chi connectivity index (χ1) is 30.6. The Hall–Kier alpha value is -2.06. The molecule has 0 heterocycles. The topological polar surface area (TPSA) is 91.3 Å². The zero-order chi connectivity index (χ0) is 46.2. The monoisotopic (exact) mass is 905 g/mol. The summed E-state index contributed by atoms with van der Waals surface area (Å²) in [6.07, 6.45) is 60.8. The number of phosphoric ester groups is 1. The quantitative estimate of drug-likeness (QED) is 0.0214. The number of carbonyl (C=O) groups is 1. The highest BCUT2D eigenvalue weighted by Crippen LogP contribution is 2.43. The van der Waals surface area contributed by atoms with Crippen molar-refractivity contribution >= 4 is 13.8 Å². The van der Waals surface area contributed by atoms with Crippen LogP contribution in [0.1, 0.15) is 206 Å². The normalized spacial score (nSPS) is 14.2. The molecule has 0 amide bonds. The standard InChI is InChI=1S/C54H98NO7P/c1-6-8-10-12-14-16-18-20-22-24-26-28-29-31-33-35-37-39-41-43-45-47-54(56)62-53(52-61-63(57,58)60-50-48-55(3,4)5)51-59-49-46-44-42-40-38-36-34-32-30-27-25-23-21-19-17-15-13-11-9-7-2/h9,11,15,17-18,20-21,23-24,26-27,30,53H,6-8,10,12-14,16,19,22,25,28-29,31-52H2,1-5H3/p+1/b11-9-,17-15-,20-18-,23-21-,26-24-,30-27-. The Labute approximate surface area is 389 Å². The Morgan fingerprint density at radius 1 is 0.508 bits per heavy atom. The van der Waals surface area contributed by atoms with Gasteiger partial charge in [0, 0.05) is 13.0 Å². The van der Waals surface area contributed by atoms with Crippen LogP contribution >= 0.6 is 7.82 Å². The van der Waals surface area contributed by atoms with Crippen molar-refractivity contribution in [2.24, 2.45) is 0 Å². The molecule has 2 atom stereocenters. The van der Waals surface area contributed by atoms with Gasteiger partial charge in [0.15, 0.2) is 0 Å². The first kappa shape index (κ1) is 60.9. The van der Waals surface area contributed by atoms with Gasteiger partial charge in [0.2, 0.25) is 0 Å². The highest BCUT2D eigenvalue weighted by molar-refractivity contribution is 7.47. The van der Waals surface area contributed by atoms with Crippen LogP contribution in [-0.2, 0) is 27.9 Å². The van der Waals surface area contributed by atoms with Gasteiger partial charge in [0.05, 0.1) is 34.4 Å². The number of carbonyl (C=O) groups excluding carboxylic acids is 1. The van der Waals surface area contributed by atoms with Gasteiger partial charge in [-0.05, 0) is 83.5 Å². The molecule has 63 heavy (non-hydrogen) atoms. The third kappa shape index (κ3) is 50.8. The van der Waals surface area contributed by atoms with Gasteiger partial charge < -0.3 is 18.9 Å². The molecule has 0 saturated heterocycles. The molecule has 0 fully saturated rings. The van der Waals surface area contributed by atoms with Crippen molar-refractivity contribution in [3.8, 4) is 0 Å². The van der Waals surface area contributed by atoms with Crippen molar-refractivity contribution in [2.45, 2.75) is 213 Å². The SMILES string of the molecule is CC/C=C\C/C=C\C/C=C\C/C=C\CCCCCCCCCOCC(COP(=O)(O)OCC[N+](C)(C)C)OC(=O)CCCCCCCCCCC/C=C\C/C=C\CCCCCCC. The van der Waals surface area contributed by atoms with E-state index in [4.69, 9.17) is 18.5 Å². The van der Waals surface area contributed by atoms with Gasteiger partial charge in [-0.2, -0.15) is 0 Å². The summed E-state index contributed by atoms with van der Waals surface area (Å²) < 4.78 is 35.1. The fourth-order valence-electron chi connectivity index (χ4n) is 6.81. The van der Waals surface area contributed by atoms with Gasteiger partial charge in [-0.1, -0.05) is 189 Å². The fourth-order valence-corrected chi connectivity index (χ4v) is 7.55. The number of phosphoric acid groups is 1. The van der Waals surface area contributed by atoms with Gasteiger partial charge in [0.25, 0.3) is 0 Å². The van der Waals surface area contributed by atoms with Gasteiger partial charge in [-0.25, -0.2) is 4.57 Å². The van der Waals surface area contributed by atoms with Crippen molar-refractivity contribution < 1.29 is 37.3 Å². The van der Waals surface area contributed by atoms with Crippen LogP contribution in [0, 0.1) is 0 Å². The van der Waals surface area contributed by atoms with Crippen LogP contribution in [-0.4, -0.2) is 75.6 Å². The van der Waals surface area contributed by atoms with Crippen molar-refractivity contribution in [3.63, 3.8) is 0 Å². The Bertz CT molecular complexity index is 1230. The van der Waals surface area contributed by atoms with E-state index in [0.29, 0.717) is 24.1 Å². The maximum atomic E-state index is 12.8. The van der Waals surface area contributed by atoms with Crippen LogP contribution < -0.4 is 0 Å². The second-order valence-electron chi connectivity index (χ2n) is 18.2. The number of nitrogens with zero attached hydrogens (tertiary/aromatic N) is 1. The van der Waals surface area contributed by atoms with Gasteiger partial charge in [-0.3, -0.25) is 13.8 Å². The van der Waals surface area contributed by atoms with E-state index in [1.54, 1.807) is 0 Å². The summed E-state index contributed by atoms with van der Waals surface area (Å²) in [7, 11) is 1.65. The number of esters is 1. The van der Waals surface area contributed by atoms with Crippen molar-refractivity contribution in [1.29, 1.82) is 0 Å². The number of unbranched alkanes of at least 4 members (excludes halogenated alkanes) is 21. The number of hydrogen-bond donors (Lipinski definition) is 1. The number of allylic oxidation sites excluding steroid dienone is 12. The number of rotatable bonds is 47. The highest BCUT2D eigenvalue weighted by atomic mass is 31.2. The summed E-state index contributed by atoms with van der Waals surface area (Å²) >= 11 is 0. The average molecular weight is 905 g/mol. The maximum absolute atomic E-state index is 12.8. The maximum Gasteiger partial charge on any atom is 0.472 e. The largest absolute Gasteiger partial charge is 0.472 e. The van der Waals surface area contributed by atoms with Crippen LogP contribution in [0.25, 0.3) is 0 Å². The minimum absolute atomic E-state index is 0.0821. The summed E-state index contributed by atoms with van der Waals surface area (Å²) in [5, 5.41) is 0. The van der Waals surface area contributed by atoms with E-state index in [0.717, 1.165) is 70.6 Å². The van der Waals surface area contributed by atoms with Gasteiger partial charge >= 0.3 is 13.8 Å². The number of hydrogen-bond acceptors (Lipinski definition) is 6. The molecule has 0 saturated carbocycles. The molecule has 366 valence electrons. The first-order valence-corrected chi connectivity index (χ1v) is 27.2. The third-order valence-corrected chi connectivity index (χ3v) is 11.7. The molecule has 0 rings (SSSR count). The lowest BCUT2D eigenvalue weighted by molar-refractivity contribution is -0.870. The molecule has 0 bridgehead atoms. The van der Waals surface area contributed by atoms with E-state index in [2.05, 4.69) is 86.8 Å². The zero-order valence-corrected chi connectivity index (χ0v) is 42.4. The van der Waals surface area contributed by atoms with Crippen LogP contribution in [0.15, 0.2) is 72.9 Å². The molecular formula is C54H99NO7P+. The van der Waals surface area contributed by atoms with E-state index in [1.807, 2.05) is 21.1 Å². The van der Waals surface area contributed by atoms with Crippen LogP contribution in [0.5, 0.6) is 0 Å². The summed E-state index contributed by atoms with van der Waals surface area (Å²) in [5.74, 6) is -0.323. The van der Waals surface area contributed by atoms with Crippen molar-refractivity contribution in [1.82, 2.24) is 0 Å². The van der Waals surface area contributed by atoms with Gasteiger partial charge in [0.1, 0.15) is 19.3 Å². The lowest BCUT2D eigenvalue weighted by atomic mass is 10.1. The highest BCUT2D eigenvalue weighted by Gasteiger charge is 2.26. The average Bonchev–Trinajstić information content (AvgIpc) is 3.24. The molecule has 0 aliphatic rings. The summed E-state index contributed by atoms with van der Waals surface area (Å²) in [5.41, 5.74) is 0. The van der Waals surface area contributed by atoms with E-state index in [-0.39, 0.29) is 25.8 Å². The molecule has 1 N–H and O–H groups in total. The molecule has 0 spiro atoms. The summed E-state index contributed by atoms with van der Waals surface area (Å²) in [6, 6.07) is 0. The van der Waals surface area contributed by atoms with E-state index in [9.17, 15) is 14.3 Å². The molecule has 0 radical (unpaired) electrons. The molecule has 0 aliphatic heterocycles. The fraction of sp³-hybridized carbons (Fsp3) is 0.759. The minimum Gasteiger partial charge on any atom is -0.457 e. The summed E-state index contributed by atoms with van der Waals surface area (Å²) in [4.78, 5) is 23.0. The Balaban J connectivity index is 4.19. The summed E-state index contributed by atoms with van der Waals surface area (Å²) in [6.45, 7) is 5.47. The predicted molar refractivity (Wildman–Crippen MR) is 270 cm³/mol. The minimum atomic E-state index is -4.29. The molecule has 0 aromatic carbocycles. The predicted octanol–water partition coefficient (Wildman–Crippen LogP) is 15.8. The number of quaternary nitrogens is 1. The molecule has 8 nitrogen and oxygen atoms in total. The number of ether oxygens (including phenoxy) is 2. The van der Waals surface area contributed by atoms with Gasteiger partial charge in [-0.15, -0.1) is 0 Å². The Kier molecular flexibility index (Phi) is 44.9. The molecule has 2 unspecified atom stereocenters. The van der Waals surface area contributed by atoms with Crippen molar-refractivity contribution in [2.75, 3.05) is 54.1 Å². The lowest BCUT2D eigenvalue weighted by Gasteiger charge is -2.24. The second kappa shape index (κ2) is 46.5. The number of likely N-dealkylation sites (N-methyl/N-ethyl adjacent to an activating group) is 1.